The number of amides is 4. The highest BCUT2D eigenvalue weighted by atomic mass is 35.5. The normalized spacial score (nSPS) is 30.4. The van der Waals surface area contributed by atoms with Gasteiger partial charge in [0.25, 0.3) is 0 Å². The third-order valence-corrected chi connectivity index (χ3v) is 7.71. The fraction of sp³-hybridized carbons (Fsp3) is 0.478. The Morgan fingerprint density at radius 1 is 0.818 bits per heavy atom. The smallest absolute Gasteiger partial charge is 0.237 e. The van der Waals surface area contributed by atoms with Crippen molar-refractivity contribution in [2.24, 2.45) is 23.7 Å². The van der Waals surface area contributed by atoms with E-state index in [-0.39, 0.29) is 37.0 Å². The molecule has 0 bridgehead atoms. The summed E-state index contributed by atoms with van der Waals surface area (Å²) in [4.78, 5) is 55.4. The largest absolute Gasteiger partial charge is 0.463 e. The molecule has 2 saturated heterocycles. The summed E-state index contributed by atoms with van der Waals surface area (Å²) in [6.07, 6.45) is 6.75. The first kappa shape index (κ1) is 22.4. The van der Waals surface area contributed by atoms with E-state index in [4.69, 9.17) is 27.6 Å². The van der Waals surface area contributed by atoms with Crippen molar-refractivity contribution >= 4 is 46.8 Å². The molecule has 1 N–H and O–H groups in total. The van der Waals surface area contributed by atoms with E-state index < -0.39 is 23.7 Å². The number of fused-ring (bicyclic) bond motifs is 2. The van der Waals surface area contributed by atoms with Gasteiger partial charge >= 0.3 is 0 Å². The lowest BCUT2D eigenvalue weighted by atomic mass is 9.85. The zero-order valence-electron chi connectivity index (χ0n) is 17.8. The molecule has 10 heteroatoms. The predicted molar refractivity (Wildman–Crippen MR) is 117 cm³/mol. The fourth-order valence-electron chi connectivity index (χ4n) is 5.37. The SMILES string of the molecule is O=C1[C@H]2CC(Cl)=CC[C@H]2C(=O)N1C[NH+](Cc1ccco1)CN1C(=O)[C@H]2CC=C(Cl)C[C@H]2C1=O. The van der Waals surface area contributed by atoms with Crippen molar-refractivity contribution in [2.45, 2.75) is 32.2 Å². The first-order chi connectivity index (χ1) is 15.8. The fourth-order valence-corrected chi connectivity index (χ4v) is 5.88. The third-order valence-electron chi connectivity index (χ3n) is 7.09. The van der Waals surface area contributed by atoms with E-state index in [1.165, 1.54) is 16.1 Å². The summed E-state index contributed by atoms with van der Waals surface area (Å²) in [5.41, 5.74) is 0. The minimum Gasteiger partial charge on any atom is -0.463 e. The predicted octanol–water partition coefficient (Wildman–Crippen LogP) is 1.61. The molecule has 5 rings (SSSR count). The molecule has 0 spiro atoms. The van der Waals surface area contributed by atoms with Crippen LogP contribution in [0.15, 0.2) is 45.0 Å². The van der Waals surface area contributed by atoms with Gasteiger partial charge in [-0.3, -0.25) is 24.1 Å². The molecular formula is C23H24Cl2N3O5+. The van der Waals surface area contributed by atoms with E-state index in [9.17, 15) is 19.2 Å². The van der Waals surface area contributed by atoms with Crippen LogP contribution in [0.4, 0.5) is 0 Å². The summed E-state index contributed by atoms with van der Waals surface area (Å²) in [7, 11) is 0. The Morgan fingerprint density at radius 2 is 1.30 bits per heavy atom. The molecule has 4 aliphatic rings. The van der Waals surface area contributed by atoms with Gasteiger partial charge in [-0.1, -0.05) is 35.4 Å². The van der Waals surface area contributed by atoms with E-state index in [1.54, 1.807) is 24.3 Å². The van der Waals surface area contributed by atoms with Crippen LogP contribution in [0.25, 0.3) is 0 Å². The van der Waals surface area contributed by atoms with Gasteiger partial charge in [-0.15, -0.1) is 0 Å². The lowest BCUT2D eigenvalue weighted by molar-refractivity contribution is -0.929. The Balaban J connectivity index is 1.35. The number of hydrogen-bond donors (Lipinski definition) is 1. The molecule has 8 nitrogen and oxygen atoms in total. The Hall–Kier alpha value is -2.42. The van der Waals surface area contributed by atoms with Crippen LogP contribution in [0.1, 0.15) is 31.4 Å². The Kier molecular flexibility index (Phi) is 5.93. The summed E-state index contributed by atoms with van der Waals surface area (Å²) in [6.45, 7) is 0.382. The number of allylic oxidation sites excluding steroid dienone is 4. The molecule has 1 aromatic heterocycles. The van der Waals surface area contributed by atoms with Gasteiger partial charge in [0.1, 0.15) is 6.54 Å². The molecule has 1 unspecified atom stereocenters. The van der Waals surface area contributed by atoms with Crippen LogP contribution in [0, 0.1) is 23.7 Å². The summed E-state index contributed by atoms with van der Waals surface area (Å²) >= 11 is 12.3. The maximum atomic E-state index is 13.1. The van der Waals surface area contributed by atoms with Crippen LogP contribution in [0.5, 0.6) is 0 Å². The quantitative estimate of drug-likeness (QED) is 0.609. The van der Waals surface area contributed by atoms with E-state index in [0.29, 0.717) is 53.0 Å². The van der Waals surface area contributed by atoms with Gasteiger partial charge in [0.15, 0.2) is 19.1 Å². The molecule has 0 radical (unpaired) electrons. The first-order valence-electron chi connectivity index (χ1n) is 11.1. The maximum Gasteiger partial charge on any atom is 0.237 e. The molecule has 2 fully saturated rings. The number of quaternary nitrogens is 1. The van der Waals surface area contributed by atoms with Crippen molar-refractivity contribution in [3.8, 4) is 0 Å². The summed E-state index contributed by atoms with van der Waals surface area (Å²) in [5, 5.41) is 1.20. The van der Waals surface area contributed by atoms with Gasteiger partial charge in [-0.05, 0) is 37.8 Å². The lowest BCUT2D eigenvalue weighted by Crippen LogP contribution is -3.14. The Morgan fingerprint density at radius 3 is 1.76 bits per heavy atom. The van der Waals surface area contributed by atoms with Crippen LogP contribution in [-0.4, -0.2) is 46.8 Å². The standard InChI is InChI=1S/C23H23Cl2N3O5/c24-13-3-5-16-18(8-13)22(31)27(20(16)29)11-26(10-15-2-1-7-33-15)12-28-21(30)17-6-4-14(25)9-19(17)23(28)32/h1-4,7,16-19H,5-6,8-12H2/p+1/t16-,17+,18+,19-. The van der Waals surface area contributed by atoms with Gasteiger partial charge in [-0.2, -0.15) is 0 Å². The van der Waals surface area contributed by atoms with Crippen molar-refractivity contribution in [1.82, 2.24) is 9.80 Å². The number of carbonyl (C=O) groups is 4. The molecule has 4 amide bonds. The summed E-state index contributed by atoms with van der Waals surface area (Å²) < 4.78 is 5.47. The second-order valence-corrected chi connectivity index (χ2v) is 10.1. The maximum absolute atomic E-state index is 13.1. The average Bonchev–Trinajstić information content (AvgIpc) is 3.44. The topological polar surface area (TPSA) is 92.3 Å². The molecule has 5 atom stereocenters. The van der Waals surface area contributed by atoms with E-state index in [0.717, 1.165) is 0 Å². The van der Waals surface area contributed by atoms with Crippen molar-refractivity contribution < 1.29 is 28.5 Å². The Labute approximate surface area is 200 Å². The van der Waals surface area contributed by atoms with E-state index in [1.807, 2.05) is 0 Å². The van der Waals surface area contributed by atoms with Crippen LogP contribution in [0.2, 0.25) is 0 Å². The number of hydrogen-bond acceptors (Lipinski definition) is 5. The minimum atomic E-state index is -0.453. The zero-order chi connectivity index (χ0) is 23.3. The molecule has 2 aliphatic heterocycles. The number of furan rings is 1. The highest BCUT2D eigenvalue weighted by Gasteiger charge is 2.52. The van der Waals surface area contributed by atoms with Gasteiger partial charge in [0.2, 0.25) is 23.6 Å². The van der Waals surface area contributed by atoms with Crippen LogP contribution in [0.3, 0.4) is 0 Å². The molecule has 0 saturated carbocycles. The highest BCUT2D eigenvalue weighted by molar-refractivity contribution is 6.30. The molecule has 2 aliphatic carbocycles. The number of halogens is 2. The Bertz CT molecular complexity index is 1000. The second-order valence-electron chi connectivity index (χ2n) is 9.14. The molecule has 1 aromatic rings. The van der Waals surface area contributed by atoms with Crippen LogP contribution in [-0.2, 0) is 25.7 Å². The first-order valence-corrected chi connectivity index (χ1v) is 11.8. The summed E-state index contributed by atoms with van der Waals surface area (Å²) in [6, 6.07) is 3.53. The number of imide groups is 2. The summed E-state index contributed by atoms with van der Waals surface area (Å²) in [5.74, 6) is -2.05. The number of rotatable bonds is 6. The number of nitrogens with zero attached hydrogens (tertiary/aromatic N) is 2. The van der Waals surface area contributed by atoms with Crippen molar-refractivity contribution in [2.75, 3.05) is 13.3 Å². The minimum absolute atomic E-state index is 0.0361. The number of likely N-dealkylation sites (tertiary alicyclic amines) is 2. The van der Waals surface area contributed by atoms with Gasteiger partial charge in [0.05, 0.1) is 29.9 Å². The zero-order valence-corrected chi connectivity index (χ0v) is 19.3. The van der Waals surface area contributed by atoms with Crippen LogP contribution < -0.4 is 4.90 Å². The van der Waals surface area contributed by atoms with Gasteiger partial charge in [-0.25, -0.2) is 9.80 Å². The average molecular weight is 493 g/mol. The third kappa shape index (κ3) is 4.05. The molecule has 174 valence electrons. The van der Waals surface area contributed by atoms with Crippen LogP contribution >= 0.6 is 23.2 Å². The second kappa shape index (κ2) is 8.74. The monoisotopic (exact) mass is 492 g/mol. The van der Waals surface area contributed by atoms with Crippen molar-refractivity contribution in [3.05, 3.63) is 46.4 Å². The van der Waals surface area contributed by atoms with E-state index >= 15 is 0 Å². The molecule has 3 heterocycles. The van der Waals surface area contributed by atoms with Crippen molar-refractivity contribution in [3.63, 3.8) is 0 Å². The van der Waals surface area contributed by atoms with Gasteiger partial charge in [0, 0.05) is 10.1 Å². The number of nitrogens with one attached hydrogen (secondary N) is 1. The highest BCUT2D eigenvalue weighted by Crippen LogP contribution is 2.39. The molecule has 0 aromatic carbocycles. The van der Waals surface area contributed by atoms with E-state index in [2.05, 4.69) is 0 Å². The van der Waals surface area contributed by atoms with Gasteiger partial charge < -0.3 is 4.42 Å². The van der Waals surface area contributed by atoms with Crippen molar-refractivity contribution in [1.29, 1.82) is 0 Å². The number of carbonyl (C=O) groups excluding carboxylic acids is 4. The molecular weight excluding hydrogens is 469 g/mol. The molecule has 33 heavy (non-hydrogen) atoms. The lowest BCUT2D eigenvalue weighted by Gasteiger charge is -2.27.